The molecule has 1 aliphatic rings. The van der Waals surface area contributed by atoms with E-state index in [1.54, 1.807) is 18.4 Å². The van der Waals surface area contributed by atoms with Gasteiger partial charge in [-0.25, -0.2) is 0 Å². The number of allylic oxidation sites excluding steroid dienone is 2. The van der Waals surface area contributed by atoms with Gasteiger partial charge in [-0.1, -0.05) is 12.2 Å². The Balaban J connectivity index is 1.86. The number of hydrogen-bond acceptors (Lipinski definition) is 3. The van der Waals surface area contributed by atoms with Crippen molar-refractivity contribution in [3.8, 4) is 0 Å². The monoisotopic (exact) mass is 279 g/mol. The molecule has 0 spiro atoms. The molecule has 0 radical (unpaired) electrons. The fourth-order valence-electron chi connectivity index (χ4n) is 2.30. The summed E-state index contributed by atoms with van der Waals surface area (Å²) in [7, 11) is 1.69. The SMILES string of the molecule is COC(CNC(=O)C1CC=CCC1)c1ccc(C)s1. The minimum Gasteiger partial charge on any atom is -0.374 e. The lowest BCUT2D eigenvalue weighted by Crippen LogP contribution is -2.34. The minimum absolute atomic E-state index is 0.0400. The Morgan fingerprint density at radius 1 is 1.53 bits per heavy atom. The summed E-state index contributed by atoms with van der Waals surface area (Å²) in [6.45, 7) is 2.63. The molecular formula is C15H21NO2S. The number of carbonyl (C=O) groups is 1. The van der Waals surface area contributed by atoms with Crippen LogP contribution in [0.4, 0.5) is 0 Å². The molecule has 1 amide bonds. The van der Waals surface area contributed by atoms with Crippen LogP contribution >= 0.6 is 11.3 Å². The van der Waals surface area contributed by atoms with Gasteiger partial charge in [0.15, 0.2) is 0 Å². The van der Waals surface area contributed by atoms with Crippen LogP contribution in [-0.2, 0) is 9.53 Å². The van der Waals surface area contributed by atoms with Crippen LogP contribution in [0.5, 0.6) is 0 Å². The van der Waals surface area contributed by atoms with Crippen LogP contribution in [0.25, 0.3) is 0 Å². The molecule has 0 saturated carbocycles. The average molecular weight is 279 g/mol. The second-order valence-electron chi connectivity index (χ2n) is 4.90. The molecule has 19 heavy (non-hydrogen) atoms. The number of rotatable bonds is 5. The third kappa shape index (κ3) is 3.91. The van der Waals surface area contributed by atoms with E-state index in [0.717, 1.165) is 19.3 Å². The van der Waals surface area contributed by atoms with Gasteiger partial charge in [-0.3, -0.25) is 4.79 Å². The van der Waals surface area contributed by atoms with Gasteiger partial charge in [0.1, 0.15) is 6.10 Å². The first-order chi connectivity index (χ1) is 9.20. The summed E-state index contributed by atoms with van der Waals surface area (Å²) in [4.78, 5) is 14.5. The molecule has 3 nitrogen and oxygen atoms in total. The van der Waals surface area contributed by atoms with Gasteiger partial charge in [-0.05, 0) is 38.3 Å². The molecule has 2 rings (SSSR count). The smallest absolute Gasteiger partial charge is 0.223 e. The summed E-state index contributed by atoms with van der Waals surface area (Å²) in [5.74, 6) is 0.284. The van der Waals surface area contributed by atoms with Crippen molar-refractivity contribution in [2.24, 2.45) is 5.92 Å². The molecular weight excluding hydrogens is 258 g/mol. The number of methoxy groups -OCH3 is 1. The molecule has 2 unspecified atom stereocenters. The zero-order valence-electron chi connectivity index (χ0n) is 11.5. The zero-order chi connectivity index (χ0) is 13.7. The average Bonchev–Trinajstić information content (AvgIpc) is 2.87. The van der Waals surface area contributed by atoms with E-state index in [-0.39, 0.29) is 17.9 Å². The second-order valence-corrected chi connectivity index (χ2v) is 6.22. The van der Waals surface area contributed by atoms with Crippen LogP contribution in [0, 0.1) is 12.8 Å². The highest BCUT2D eigenvalue weighted by Crippen LogP contribution is 2.25. The standard InChI is InChI=1S/C15H21NO2S/c1-11-8-9-14(19-11)13(18-2)10-16-15(17)12-6-4-3-5-7-12/h3-4,8-9,12-13H,5-7,10H2,1-2H3,(H,16,17). The quantitative estimate of drug-likeness (QED) is 0.840. The van der Waals surface area contributed by atoms with E-state index in [1.807, 2.05) is 0 Å². The molecule has 0 aromatic carbocycles. The molecule has 0 fully saturated rings. The third-order valence-electron chi connectivity index (χ3n) is 3.46. The van der Waals surface area contributed by atoms with Gasteiger partial charge in [-0.15, -0.1) is 11.3 Å². The van der Waals surface area contributed by atoms with E-state index in [9.17, 15) is 4.79 Å². The van der Waals surface area contributed by atoms with Crippen molar-refractivity contribution in [1.29, 1.82) is 0 Å². The maximum absolute atomic E-state index is 12.1. The molecule has 0 aliphatic heterocycles. The van der Waals surface area contributed by atoms with Gasteiger partial charge in [-0.2, -0.15) is 0 Å². The first-order valence-electron chi connectivity index (χ1n) is 6.72. The molecule has 0 saturated heterocycles. The van der Waals surface area contributed by atoms with Crippen molar-refractivity contribution >= 4 is 17.2 Å². The summed E-state index contributed by atoms with van der Waals surface area (Å²) in [5.41, 5.74) is 0. The number of carbonyl (C=O) groups excluding carboxylic acids is 1. The van der Waals surface area contributed by atoms with E-state index < -0.39 is 0 Å². The summed E-state index contributed by atoms with van der Waals surface area (Å²) in [6, 6.07) is 4.16. The predicted octanol–water partition coefficient (Wildman–Crippen LogP) is 3.22. The second kappa shape index (κ2) is 6.87. The van der Waals surface area contributed by atoms with Crippen molar-refractivity contribution in [1.82, 2.24) is 5.32 Å². The van der Waals surface area contributed by atoms with Crippen molar-refractivity contribution in [3.63, 3.8) is 0 Å². The van der Waals surface area contributed by atoms with Crippen LogP contribution in [0.1, 0.15) is 35.1 Å². The predicted molar refractivity (Wildman–Crippen MR) is 78.3 cm³/mol. The van der Waals surface area contributed by atoms with Crippen LogP contribution in [-0.4, -0.2) is 19.6 Å². The Hall–Kier alpha value is -1.13. The largest absolute Gasteiger partial charge is 0.374 e. The Morgan fingerprint density at radius 2 is 2.37 bits per heavy atom. The fraction of sp³-hybridized carbons (Fsp3) is 0.533. The zero-order valence-corrected chi connectivity index (χ0v) is 12.3. The van der Waals surface area contributed by atoms with Crippen LogP contribution in [0.15, 0.2) is 24.3 Å². The number of nitrogens with one attached hydrogen (secondary N) is 1. The first kappa shape index (κ1) is 14.3. The number of hydrogen-bond donors (Lipinski definition) is 1. The lowest BCUT2D eigenvalue weighted by Gasteiger charge is -2.20. The summed E-state index contributed by atoms with van der Waals surface area (Å²) in [6.07, 6.45) is 7.04. The minimum atomic E-state index is -0.0400. The summed E-state index contributed by atoms with van der Waals surface area (Å²) in [5, 5.41) is 3.02. The summed E-state index contributed by atoms with van der Waals surface area (Å²) < 4.78 is 5.47. The van der Waals surface area contributed by atoms with Crippen molar-refractivity contribution in [3.05, 3.63) is 34.0 Å². The molecule has 1 aromatic heterocycles. The van der Waals surface area contributed by atoms with Crippen LogP contribution < -0.4 is 5.32 Å². The lowest BCUT2D eigenvalue weighted by atomic mass is 9.93. The lowest BCUT2D eigenvalue weighted by molar-refractivity contribution is -0.125. The van der Waals surface area contributed by atoms with Gasteiger partial charge < -0.3 is 10.1 Å². The van der Waals surface area contributed by atoms with Gasteiger partial charge in [0, 0.05) is 29.3 Å². The first-order valence-corrected chi connectivity index (χ1v) is 7.54. The number of amides is 1. The molecule has 1 N–H and O–H groups in total. The van der Waals surface area contributed by atoms with E-state index in [2.05, 4.69) is 36.5 Å². The maximum Gasteiger partial charge on any atom is 0.223 e. The fourth-order valence-corrected chi connectivity index (χ4v) is 3.25. The highest BCUT2D eigenvalue weighted by Gasteiger charge is 2.20. The van der Waals surface area contributed by atoms with Gasteiger partial charge in [0.05, 0.1) is 0 Å². The number of aryl methyl sites for hydroxylation is 1. The molecule has 104 valence electrons. The van der Waals surface area contributed by atoms with E-state index in [4.69, 9.17) is 4.74 Å². The topological polar surface area (TPSA) is 38.3 Å². The van der Waals surface area contributed by atoms with E-state index >= 15 is 0 Å². The molecule has 4 heteroatoms. The van der Waals surface area contributed by atoms with E-state index in [1.165, 1.54) is 9.75 Å². The van der Waals surface area contributed by atoms with Crippen molar-refractivity contribution < 1.29 is 9.53 Å². The molecule has 1 aliphatic carbocycles. The third-order valence-corrected chi connectivity index (χ3v) is 4.56. The normalized spacial score (nSPS) is 20.2. The van der Waals surface area contributed by atoms with Crippen molar-refractivity contribution in [2.45, 2.75) is 32.3 Å². The van der Waals surface area contributed by atoms with Gasteiger partial charge in [0.2, 0.25) is 5.91 Å². The maximum atomic E-state index is 12.1. The summed E-state index contributed by atoms with van der Waals surface area (Å²) >= 11 is 1.72. The molecule has 2 atom stereocenters. The Kier molecular flexibility index (Phi) is 5.16. The van der Waals surface area contributed by atoms with Gasteiger partial charge in [0.25, 0.3) is 0 Å². The highest BCUT2D eigenvalue weighted by molar-refractivity contribution is 7.12. The Bertz CT molecular complexity index is 453. The number of ether oxygens (including phenoxy) is 1. The van der Waals surface area contributed by atoms with Crippen LogP contribution in [0.3, 0.4) is 0 Å². The molecule has 0 bridgehead atoms. The Morgan fingerprint density at radius 3 is 2.95 bits per heavy atom. The highest BCUT2D eigenvalue weighted by atomic mass is 32.1. The molecule has 1 heterocycles. The van der Waals surface area contributed by atoms with Gasteiger partial charge >= 0.3 is 0 Å². The Labute approximate surface area is 118 Å². The van der Waals surface area contributed by atoms with Crippen molar-refractivity contribution in [2.75, 3.05) is 13.7 Å². The molecule has 1 aromatic rings. The number of thiophene rings is 1. The van der Waals surface area contributed by atoms with Crippen LogP contribution in [0.2, 0.25) is 0 Å². The van der Waals surface area contributed by atoms with E-state index in [0.29, 0.717) is 6.54 Å².